The van der Waals surface area contributed by atoms with Crippen LogP contribution in [0.4, 0.5) is 5.13 Å². The van der Waals surface area contributed by atoms with Gasteiger partial charge in [-0.05, 0) is 53.6 Å². The Labute approximate surface area is 182 Å². The number of ether oxygens (including phenoxy) is 1. The predicted molar refractivity (Wildman–Crippen MR) is 128 cm³/mol. The molecule has 3 rings (SSSR count). The first-order valence-electron chi connectivity index (χ1n) is 10.1. The third-order valence-electron chi connectivity index (χ3n) is 4.70. The Bertz CT molecular complexity index is 1020. The van der Waals surface area contributed by atoms with Gasteiger partial charge in [-0.1, -0.05) is 56.4 Å². The van der Waals surface area contributed by atoms with Crippen molar-refractivity contribution in [3.05, 3.63) is 48.6 Å². The van der Waals surface area contributed by atoms with Crippen molar-refractivity contribution >= 4 is 26.7 Å². The van der Waals surface area contributed by atoms with Gasteiger partial charge in [0.05, 0.1) is 24.0 Å². The number of aromatic nitrogens is 1. The van der Waals surface area contributed by atoms with Crippen molar-refractivity contribution in [3.8, 4) is 22.6 Å². The summed E-state index contributed by atoms with van der Waals surface area (Å²) in [5, 5.41) is 17.5. The summed E-state index contributed by atoms with van der Waals surface area (Å²) in [5.41, 5.74) is 4.60. The molecule has 0 spiro atoms. The van der Waals surface area contributed by atoms with Gasteiger partial charge in [-0.3, -0.25) is 5.32 Å². The normalized spacial score (nSPS) is 11.6. The summed E-state index contributed by atoms with van der Waals surface area (Å²) < 4.78 is 6.33. The zero-order chi connectivity index (χ0) is 21.7. The van der Waals surface area contributed by atoms with Crippen LogP contribution in [0.3, 0.4) is 0 Å². The van der Waals surface area contributed by atoms with Crippen molar-refractivity contribution in [1.82, 2.24) is 10.3 Å². The van der Waals surface area contributed by atoms with E-state index in [0.29, 0.717) is 17.8 Å². The number of nitrogens with zero attached hydrogens (tertiary/aromatic N) is 1. The number of anilines is 1. The van der Waals surface area contributed by atoms with E-state index < -0.39 is 0 Å². The lowest BCUT2D eigenvalue weighted by Crippen LogP contribution is -2.23. The molecule has 6 heteroatoms. The van der Waals surface area contributed by atoms with Gasteiger partial charge in [0, 0.05) is 6.54 Å². The van der Waals surface area contributed by atoms with Gasteiger partial charge in [0.25, 0.3) is 0 Å². The summed E-state index contributed by atoms with van der Waals surface area (Å²) in [5.74, 6) is 0.608. The Hall–Kier alpha value is -2.57. The van der Waals surface area contributed by atoms with E-state index in [0.717, 1.165) is 45.9 Å². The molecule has 0 saturated heterocycles. The van der Waals surface area contributed by atoms with Crippen LogP contribution >= 0.6 is 11.3 Å². The van der Waals surface area contributed by atoms with Crippen LogP contribution in [0, 0.1) is 5.41 Å². The number of fused-ring (bicyclic) bond motifs is 1. The molecule has 0 saturated carbocycles. The molecule has 30 heavy (non-hydrogen) atoms. The first-order chi connectivity index (χ1) is 14.2. The number of rotatable bonds is 9. The van der Waals surface area contributed by atoms with E-state index in [-0.39, 0.29) is 5.75 Å². The molecule has 5 nitrogen and oxygen atoms in total. The average molecular weight is 426 g/mol. The van der Waals surface area contributed by atoms with E-state index in [2.05, 4.69) is 49.0 Å². The molecule has 0 aliphatic heterocycles. The van der Waals surface area contributed by atoms with E-state index in [1.165, 1.54) is 5.57 Å². The van der Waals surface area contributed by atoms with E-state index in [9.17, 15) is 5.11 Å². The maximum absolute atomic E-state index is 9.81. The van der Waals surface area contributed by atoms with Crippen molar-refractivity contribution in [3.63, 3.8) is 0 Å². The number of aromatic hydroxyl groups is 1. The van der Waals surface area contributed by atoms with Crippen LogP contribution in [0.2, 0.25) is 0 Å². The monoisotopic (exact) mass is 425 g/mol. The Balaban J connectivity index is 1.57. The van der Waals surface area contributed by atoms with Crippen LogP contribution in [0.5, 0.6) is 11.5 Å². The fourth-order valence-electron chi connectivity index (χ4n) is 3.37. The molecular weight excluding hydrogens is 394 g/mol. The molecule has 3 N–H and O–H groups in total. The smallest absolute Gasteiger partial charge is 0.184 e. The maximum atomic E-state index is 9.81. The molecule has 0 fully saturated rings. The van der Waals surface area contributed by atoms with Crippen molar-refractivity contribution in [2.45, 2.75) is 33.6 Å². The molecule has 3 aromatic rings. The summed E-state index contributed by atoms with van der Waals surface area (Å²) in [4.78, 5) is 4.66. The second-order valence-electron chi connectivity index (χ2n) is 8.68. The minimum absolute atomic E-state index is 0.140. The van der Waals surface area contributed by atoms with Crippen molar-refractivity contribution in [2.24, 2.45) is 5.41 Å². The molecule has 0 amide bonds. The average Bonchev–Trinajstić information content (AvgIpc) is 3.08. The van der Waals surface area contributed by atoms with Crippen molar-refractivity contribution < 1.29 is 9.84 Å². The Kier molecular flexibility index (Phi) is 7.00. The number of hydrogen-bond acceptors (Lipinski definition) is 6. The van der Waals surface area contributed by atoms with Gasteiger partial charge in [-0.2, -0.15) is 0 Å². The lowest BCUT2D eigenvalue weighted by molar-refractivity contribution is 0.373. The molecule has 1 heterocycles. The van der Waals surface area contributed by atoms with Crippen LogP contribution in [0.25, 0.3) is 21.3 Å². The van der Waals surface area contributed by atoms with Gasteiger partial charge < -0.3 is 15.2 Å². The number of phenols is 1. The SMILES string of the molecule is C=C(CCNCNc1nc2ccc(-c3ccc(O)c(OC)c3)cc2s1)CC(C)(C)C. The van der Waals surface area contributed by atoms with E-state index in [1.807, 2.05) is 24.3 Å². The number of hydrogen-bond donors (Lipinski definition) is 3. The van der Waals surface area contributed by atoms with E-state index in [1.54, 1.807) is 24.5 Å². The van der Waals surface area contributed by atoms with Gasteiger partial charge >= 0.3 is 0 Å². The topological polar surface area (TPSA) is 66.4 Å². The first kappa shape index (κ1) is 22.1. The molecule has 0 bridgehead atoms. The van der Waals surface area contributed by atoms with Crippen molar-refractivity contribution in [1.29, 1.82) is 0 Å². The van der Waals surface area contributed by atoms with Crippen LogP contribution in [-0.4, -0.2) is 30.4 Å². The van der Waals surface area contributed by atoms with Gasteiger partial charge in [-0.25, -0.2) is 4.98 Å². The highest BCUT2D eigenvalue weighted by Crippen LogP contribution is 2.34. The summed E-state index contributed by atoms with van der Waals surface area (Å²) in [6, 6.07) is 11.6. The maximum Gasteiger partial charge on any atom is 0.184 e. The fraction of sp³-hybridized carbons (Fsp3) is 0.375. The zero-order valence-corrected chi connectivity index (χ0v) is 19.0. The van der Waals surface area contributed by atoms with Crippen LogP contribution < -0.4 is 15.4 Å². The molecule has 0 unspecified atom stereocenters. The number of methoxy groups -OCH3 is 1. The molecule has 0 aliphatic rings. The van der Waals surface area contributed by atoms with Gasteiger partial charge in [0.2, 0.25) is 0 Å². The molecule has 2 aromatic carbocycles. The summed E-state index contributed by atoms with van der Waals surface area (Å²) >= 11 is 1.63. The third kappa shape index (κ3) is 5.97. The second-order valence-corrected chi connectivity index (χ2v) is 9.71. The van der Waals surface area contributed by atoms with Gasteiger partial charge in [-0.15, -0.1) is 0 Å². The molecule has 0 atom stereocenters. The van der Waals surface area contributed by atoms with Crippen LogP contribution in [0.1, 0.15) is 33.6 Å². The summed E-state index contributed by atoms with van der Waals surface area (Å²) in [6.07, 6.45) is 2.04. The predicted octanol–water partition coefficient (Wildman–Crippen LogP) is 6.02. The highest BCUT2D eigenvalue weighted by Gasteiger charge is 2.11. The molecule has 160 valence electrons. The number of thiazole rings is 1. The minimum Gasteiger partial charge on any atom is -0.504 e. The molecule has 0 radical (unpaired) electrons. The third-order valence-corrected chi connectivity index (χ3v) is 5.68. The number of phenolic OH excluding ortho intramolecular Hbond substituents is 1. The Morgan fingerprint density at radius 2 is 1.90 bits per heavy atom. The minimum atomic E-state index is 0.140. The summed E-state index contributed by atoms with van der Waals surface area (Å²) in [7, 11) is 1.55. The molecular formula is C24H31N3O2S. The van der Waals surface area contributed by atoms with Gasteiger partial charge in [0.15, 0.2) is 16.6 Å². The van der Waals surface area contributed by atoms with Crippen molar-refractivity contribution in [2.75, 3.05) is 25.6 Å². The number of benzene rings is 2. The molecule has 1 aromatic heterocycles. The lowest BCUT2D eigenvalue weighted by atomic mass is 9.87. The van der Waals surface area contributed by atoms with Gasteiger partial charge in [0.1, 0.15) is 0 Å². The van der Waals surface area contributed by atoms with Crippen LogP contribution in [-0.2, 0) is 0 Å². The standard InChI is InChI=1S/C24H31N3O2S/c1-16(14-24(2,3)4)10-11-25-15-26-23-27-19-8-6-18(13-22(19)30-23)17-7-9-20(28)21(12-17)29-5/h6-9,12-13,25,28H,1,10-11,14-15H2,2-5H3,(H,26,27). The zero-order valence-electron chi connectivity index (χ0n) is 18.2. The highest BCUT2D eigenvalue weighted by atomic mass is 32.1. The van der Waals surface area contributed by atoms with E-state index in [4.69, 9.17) is 4.74 Å². The first-order valence-corrected chi connectivity index (χ1v) is 11.0. The van der Waals surface area contributed by atoms with E-state index >= 15 is 0 Å². The quantitative estimate of drug-likeness (QED) is 0.222. The number of nitrogens with one attached hydrogen (secondary N) is 2. The molecule has 0 aliphatic carbocycles. The second kappa shape index (κ2) is 9.49. The summed E-state index contributed by atoms with van der Waals surface area (Å²) in [6.45, 7) is 12.5. The Morgan fingerprint density at radius 1 is 1.17 bits per heavy atom. The Morgan fingerprint density at radius 3 is 2.63 bits per heavy atom. The fourth-order valence-corrected chi connectivity index (χ4v) is 4.27. The van der Waals surface area contributed by atoms with Crippen LogP contribution in [0.15, 0.2) is 48.6 Å². The largest absolute Gasteiger partial charge is 0.504 e. The highest BCUT2D eigenvalue weighted by molar-refractivity contribution is 7.22. The lowest BCUT2D eigenvalue weighted by Gasteiger charge is -2.19.